The molecule has 1 rings (SSSR count). The van der Waals surface area contributed by atoms with E-state index in [4.69, 9.17) is 0 Å². The predicted molar refractivity (Wildman–Crippen MR) is 67.3 cm³/mol. The smallest absolute Gasteiger partial charge is 0.148 e. The first kappa shape index (κ1) is 13.5. The maximum atomic E-state index is 11.1. The standard InChI is InChI=1S/C10H20BrNO2S/c1-15(13,14)9-8-12-7-3-2-4-10(12)5-6-11/h10H,2-9H2,1H3. The van der Waals surface area contributed by atoms with E-state index in [-0.39, 0.29) is 0 Å². The van der Waals surface area contributed by atoms with E-state index in [1.54, 1.807) is 0 Å². The third-order valence-electron chi connectivity index (χ3n) is 2.94. The fraction of sp³-hybridized carbons (Fsp3) is 1.00. The van der Waals surface area contributed by atoms with E-state index in [1.165, 1.54) is 25.5 Å². The largest absolute Gasteiger partial charge is 0.299 e. The molecule has 3 nitrogen and oxygen atoms in total. The number of halogens is 1. The van der Waals surface area contributed by atoms with Crippen LogP contribution in [0.2, 0.25) is 0 Å². The molecule has 0 aromatic carbocycles. The molecule has 90 valence electrons. The molecule has 0 aliphatic carbocycles. The van der Waals surface area contributed by atoms with Gasteiger partial charge in [0.2, 0.25) is 0 Å². The maximum Gasteiger partial charge on any atom is 0.148 e. The van der Waals surface area contributed by atoms with Gasteiger partial charge in [0.15, 0.2) is 0 Å². The van der Waals surface area contributed by atoms with Gasteiger partial charge < -0.3 is 0 Å². The Hall–Kier alpha value is 0.390. The van der Waals surface area contributed by atoms with E-state index in [0.717, 1.165) is 18.3 Å². The van der Waals surface area contributed by atoms with E-state index in [2.05, 4.69) is 20.8 Å². The summed E-state index contributed by atoms with van der Waals surface area (Å²) in [6.45, 7) is 1.77. The second kappa shape index (κ2) is 6.21. The summed E-state index contributed by atoms with van der Waals surface area (Å²) in [4.78, 5) is 2.34. The first-order chi connectivity index (χ1) is 7.03. The lowest BCUT2D eigenvalue weighted by Gasteiger charge is -2.35. The van der Waals surface area contributed by atoms with Gasteiger partial charge in [0.25, 0.3) is 0 Å². The van der Waals surface area contributed by atoms with Crippen LogP contribution in [0, 0.1) is 0 Å². The molecule has 0 amide bonds. The Balaban J connectivity index is 2.42. The van der Waals surface area contributed by atoms with Crippen molar-refractivity contribution in [3.8, 4) is 0 Å². The fourth-order valence-corrected chi connectivity index (χ4v) is 3.18. The number of hydrogen-bond acceptors (Lipinski definition) is 3. The molecule has 1 heterocycles. The summed E-state index contributed by atoms with van der Waals surface area (Å²) >= 11 is 3.46. The van der Waals surface area contributed by atoms with Gasteiger partial charge in [-0.3, -0.25) is 4.90 Å². The average Bonchev–Trinajstić information content (AvgIpc) is 2.16. The number of piperidine rings is 1. The second-order valence-corrected chi connectivity index (χ2v) is 7.35. The molecule has 0 spiro atoms. The molecule has 1 aliphatic heterocycles. The van der Waals surface area contributed by atoms with Crippen LogP contribution in [0.15, 0.2) is 0 Å². The quantitative estimate of drug-likeness (QED) is 0.725. The van der Waals surface area contributed by atoms with E-state index in [1.807, 2.05) is 0 Å². The molecule has 0 bridgehead atoms. The van der Waals surface area contributed by atoms with Crippen molar-refractivity contribution in [3.05, 3.63) is 0 Å². The fourth-order valence-electron chi connectivity index (χ4n) is 2.09. The van der Waals surface area contributed by atoms with Gasteiger partial charge in [-0.15, -0.1) is 0 Å². The lowest BCUT2D eigenvalue weighted by atomic mass is 10.0. The summed E-state index contributed by atoms with van der Waals surface area (Å²) in [5.74, 6) is 0.297. The van der Waals surface area contributed by atoms with Crippen LogP contribution in [-0.2, 0) is 9.84 Å². The SMILES string of the molecule is CS(=O)(=O)CCN1CCCCC1CCBr. The van der Waals surface area contributed by atoms with Gasteiger partial charge in [-0.05, 0) is 25.8 Å². The van der Waals surface area contributed by atoms with E-state index in [0.29, 0.717) is 18.3 Å². The van der Waals surface area contributed by atoms with Crippen LogP contribution >= 0.6 is 15.9 Å². The molecule has 1 fully saturated rings. The van der Waals surface area contributed by atoms with Crippen LogP contribution in [0.1, 0.15) is 25.7 Å². The molecule has 1 unspecified atom stereocenters. The van der Waals surface area contributed by atoms with E-state index < -0.39 is 9.84 Å². The highest BCUT2D eigenvalue weighted by Crippen LogP contribution is 2.20. The highest BCUT2D eigenvalue weighted by Gasteiger charge is 2.22. The Bertz CT molecular complexity index is 277. The number of hydrogen-bond donors (Lipinski definition) is 0. The summed E-state index contributed by atoms with van der Waals surface area (Å²) in [5, 5.41) is 1.01. The van der Waals surface area contributed by atoms with E-state index >= 15 is 0 Å². The topological polar surface area (TPSA) is 37.4 Å². The van der Waals surface area contributed by atoms with Crippen molar-refractivity contribution in [2.75, 3.05) is 30.4 Å². The van der Waals surface area contributed by atoms with Gasteiger partial charge >= 0.3 is 0 Å². The van der Waals surface area contributed by atoms with Gasteiger partial charge in [-0.2, -0.15) is 0 Å². The number of rotatable bonds is 5. The maximum absolute atomic E-state index is 11.1. The van der Waals surface area contributed by atoms with E-state index in [9.17, 15) is 8.42 Å². The zero-order valence-electron chi connectivity index (χ0n) is 9.28. The summed E-state index contributed by atoms with van der Waals surface area (Å²) in [6, 6.07) is 0.583. The Kier molecular flexibility index (Phi) is 5.57. The zero-order valence-corrected chi connectivity index (χ0v) is 11.7. The molecule has 0 aromatic rings. The van der Waals surface area contributed by atoms with Gasteiger partial charge in [-0.1, -0.05) is 22.4 Å². The zero-order chi connectivity index (χ0) is 11.3. The Morgan fingerprint density at radius 2 is 2.13 bits per heavy atom. The first-order valence-electron chi connectivity index (χ1n) is 5.50. The number of sulfone groups is 1. The molecule has 5 heteroatoms. The van der Waals surface area contributed by atoms with Crippen LogP contribution in [0.3, 0.4) is 0 Å². The van der Waals surface area contributed by atoms with Gasteiger partial charge in [0.1, 0.15) is 9.84 Å². The molecular formula is C10H20BrNO2S. The first-order valence-corrected chi connectivity index (χ1v) is 8.69. The minimum Gasteiger partial charge on any atom is -0.299 e. The third kappa shape index (κ3) is 5.31. The highest BCUT2D eigenvalue weighted by molar-refractivity contribution is 9.09. The Morgan fingerprint density at radius 3 is 2.73 bits per heavy atom. The minimum absolute atomic E-state index is 0.297. The van der Waals surface area contributed by atoms with Crippen LogP contribution in [0.4, 0.5) is 0 Å². The number of likely N-dealkylation sites (tertiary alicyclic amines) is 1. The van der Waals surface area contributed by atoms with Gasteiger partial charge in [0, 0.05) is 24.2 Å². The monoisotopic (exact) mass is 297 g/mol. The summed E-state index contributed by atoms with van der Waals surface area (Å²) in [5.41, 5.74) is 0. The Morgan fingerprint density at radius 1 is 1.40 bits per heavy atom. The molecule has 0 radical (unpaired) electrons. The van der Waals surface area contributed by atoms with Crippen molar-refractivity contribution in [1.29, 1.82) is 0 Å². The van der Waals surface area contributed by atoms with Crippen LogP contribution in [0.5, 0.6) is 0 Å². The number of nitrogens with zero attached hydrogens (tertiary/aromatic N) is 1. The lowest BCUT2D eigenvalue weighted by molar-refractivity contribution is 0.154. The second-order valence-electron chi connectivity index (χ2n) is 4.29. The van der Waals surface area contributed by atoms with Crippen molar-refractivity contribution >= 4 is 25.8 Å². The molecule has 1 atom stereocenters. The van der Waals surface area contributed by atoms with Crippen molar-refractivity contribution in [2.24, 2.45) is 0 Å². The van der Waals surface area contributed by atoms with Gasteiger partial charge in [0.05, 0.1) is 5.75 Å². The predicted octanol–water partition coefficient (Wildman–Crippen LogP) is 1.67. The minimum atomic E-state index is -2.82. The molecule has 1 aliphatic rings. The van der Waals surface area contributed by atoms with Gasteiger partial charge in [-0.25, -0.2) is 8.42 Å². The van der Waals surface area contributed by atoms with Crippen molar-refractivity contribution in [2.45, 2.75) is 31.7 Å². The lowest BCUT2D eigenvalue weighted by Crippen LogP contribution is -2.42. The molecule has 15 heavy (non-hydrogen) atoms. The molecular weight excluding hydrogens is 278 g/mol. The summed E-state index contributed by atoms with van der Waals surface area (Å²) < 4.78 is 22.2. The average molecular weight is 298 g/mol. The highest BCUT2D eigenvalue weighted by atomic mass is 79.9. The van der Waals surface area contributed by atoms with Crippen molar-refractivity contribution in [1.82, 2.24) is 4.90 Å². The Labute approximate surface area is 101 Å². The normalized spacial score (nSPS) is 24.3. The summed E-state index contributed by atoms with van der Waals surface area (Å²) in [6.07, 6.45) is 6.16. The summed E-state index contributed by atoms with van der Waals surface area (Å²) in [7, 11) is -2.82. The molecule has 1 saturated heterocycles. The number of alkyl halides is 1. The van der Waals surface area contributed by atoms with Crippen LogP contribution in [0.25, 0.3) is 0 Å². The molecule has 0 N–H and O–H groups in total. The van der Waals surface area contributed by atoms with Crippen molar-refractivity contribution in [3.63, 3.8) is 0 Å². The molecule has 0 aromatic heterocycles. The van der Waals surface area contributed by atoms with Crippen LogP contribution in [-0.4, -0.2) is 49.8 Å². The molecule has 0 saturated carbocycles. The third-order valence-corrected chi connectivity index (χ3v) is 4.32. The van der Waals surface area contributed by atoms with Crippen molar-refractivity contribution < 1.29 is 8.42 Å². The van der Waals surface area contributed by atoms with Crippen LogP contribution < -0.4 is 0 Å².